The fraction of sp³-hybridized carbons (Fsp3) is 0.294. The molecule has 0 spiro atoms. The maximum absolute atomic E-state index is 14.0. The van der Waals surface area contributed by atoms with Crippen LogP contribution in [0.1, 0.15) is 5.56 Å². The predicted octanol–water partition coefficient (Wildman–Crippen LogP) is 7.81. The van der Waals surface area contributed by atoms with Gasteiger partial charge in [-0.3, -0.25) is 0 Å². The number of rotatable bonds is 6. The second-order valence-electron chi connectivity index (χ2n) is 6.54. The van der Waals surface area contributed by atoms with Crippen LogP contribution < -0.4 is 4.18 Å². The zero-order valence-corrected chi connectivity index (χ0v) is 18.2. The Balaban J connectivity index is 2.65. The first kappa shape index (κ1) is 29.2. The van der Waals surface area contributed by atoms with Crippen molar-refractivity contribution in [2.75, 3.05) is 0 Å². The molecule has 2 aromatic carbocycles. The molecule has 0 saturated heterocycles. The van der Waals surface area contributed by atoms with Crippen molar-refractivity contribution in [3.63, 3.8) is 0 Å². The molecule has 0 aliphatic rings. The maximum Gasteiger partial charge on any atom is 0.460 e. The molecule has 0 amide bonds. The van der Waals surface area contributed by atoms with Crippen molar-refractivity contribution in [3.05, 3.63) is 52.0 Å². The molecule has 18 heteroatoms. The van der Waals surface area contributed by atoms with Gasteiger partial charge in [0.15, 0.2) is 5.75 Å². The largest absolute Gasteiger partial charge is 0.460 e. The molecule has 0 saturated carbocycles. The van der Waals surface area contributed by atoms with E-state index < -0.39 is 72.1 Å². The molecule has 196 valence electrons. The second-order valence-corrected chi connectivity index (χ2v) is 8.97. The van der Waals surface area contributed by atoms with Gasteiger partial charge >= 0.3 is 39.6 Å². The monoisotopic (exact) mass is 588 g/mol. The summed E-state index contributed by atoms with van der Waals surface area (Å²) in [7, 11) is -7.37. The molecule has 3 nitrogen and oxygen atoms in total. The Labute approximate surface area is 197 Å². The predicted molar refractivity (Wildman–Crippen MR) is 97.3 cm³/mol. The summed E-state index contributed by atoms with van der Waals surface area (Å²) in [6, 6.07) is 3.13. The Morgan fingerprint density at radius 2 is 1.20 bits per heavy atom. The smallest absolute Gasteiger partial charge is 0.377 e. The first-order valence-corrected chi connectivity index (χ1v) is 10.4. The molecular weight excluding hydrogens is 583 g/mol. The maximum atomic E-state index is 14.0. The van der Waals surface area contributed by atoms with Crippen LogP contribution in [-0.2, 0) is 16.3 Å². The standard InChI is InChI=1S/C17H6Cl2F12O3S/c18-9-5-10(19)12(7-1-3-8(4-2-7)13(20,21)22)11(6-9)34-35(32,33)17(30,31)15(25,26)14(23,24)16(27,28)29/h1-6H. The Bertz CT molecular complexity index is 1210. The molecule has 0 aliphatic heterocycles. The molecule has 0 bridgehead atoms. The van der Waals surface area contributed by atoms with Gasteiger partial charge in [0.2, 0.25) is 0 Å². The number of hydrogen-bond acceptors (Lipinski definition) is 3. The van der Waals surface area contributed by atoms with E-state index in [-0.39, 0.29) is 0 Å². The third-order valence-electron chi connectivity index (χ3n) is 4.15. The fourth-order valence-corrected chi connectivity index (χ4v) is 3.91. The van der Waals surface area contributed by atoms with Gasteiger partial charge in [0, 0.05) is 16.7 Å². The molecular formula is C17H6Cl2F12O3S. The molecule has 0 heterocycles. The van der Waals surface area contributed by atoms with Crippen LogP contribution in [0, 0.1) is 0 Å². The van der Waals surface area contributed by atoms with Crippen molar-refractivity contribution in [1.82, 2.24) is 0 Å². The molecule has 0 aromatic heterocycles. The van der Waals surface area contributed by atoms with Crippen molar-refractivity contribution in [3.8, 4) is 16.9 Å². The minimum absolute atomic E-state index is 0.314. The summed E-state index contributed by atoms with van der Waals surface area (Å²) in [6.45, 7) is 0. The Morgan fingerprint density at radius 3 is 1.63 bits per heavy atom. The highest BCUT2D eigenvalue weighted by atomic mass is 35.5. The van der Waals surface area contributed by atoms with E-state index in [0.717, 1.165) is 6.07 Å². The Kier molecular flexibility index (Phi) is 7.33. The van der Waals surface area contributed by atoms with Crippen molar-refractivity contribution < 1.29 is 65.3 Å². The highest BCUT2D eigenvalue weighted by Gasteiger charge is 2.86. The summed E-state index contributed by atoms with van der Waals surface area (Å²) in [6.07, 6.45) is -12.2. The minimum Gasteiger partial charge on any atom is -0.377 e. The van der Waals surface area contributed by atoms with Gasteiger partial charge in [0.1, 0.15) is 0 Å². The lowest BCUT2D eigenvalue weighted by molar-refractivity contribution is -0.382. The summed E-state index contributed by atoms with van der Waals surface area (Å²) >= 11 is 11.3. The van der Waals surface area contributed by atoms with Crippen LogP contribution in [0.3, 0.4) is 0 Å². The van der Waals surface area contributed by atoms with E-state index in [9.17, 15) is 61.1 Å². The highest BCUT2D eigenvalue weighted by molar-refractivity contribution is 7.88. The zero-order valence-electron chi connectivity index (χ0n) is 15.9. The summed E-state index contributed by atoms with van der Waals surface area (Å²) < 4.78 is 184. The van der Waals surface area contributed by atoms with E-state index in [4.69, 9.17) is 23.2 Å². The third kappa shape index (κ3) is 5.09. The van der Waals surface area contributed by atoms with Crippen molar-refractivity contribution in [2.24, 2.45) is 0 Å². The third-order valence-corrected chi connectivity index (χ3v) is 5.95. The van der Waals surface area contributed by atoms with E-state index in [1.54, 1.807) is 0 Å². The average Bonchev–Trinajstić information content (AvgIpc) is 2.65. The highest BCUT2D eigenvalue weighted by Crippen LogP contribution is 2.55. The fourth-order valence-electron chi connectivity index (χ4n) is 2.41. The molecule has 0 N–H and O–H groups in total. The van der Waals surface area contributed by atoms with Gasteiger partial charge in [-0.15, -0.1) is 0 Å². The molecule has 0 atom stereocenters. The zero-order chi connectivity index (χ0) is 27.4. The van der Waals surface area contributed by atoms with Gasteiger partial charge in [0.05, 0.1) is 10.6 Å². The Morgan fingerprint density at radius 1 is 0.714 bits per heavy atom. The number of halogens is 14. The van der Waals surface area contributed by atoms with E-state index in [1.807, 2.05) is 0 Å². The van der Waals surface area contributed by atoms with Gasteiger partial charge in [-0.2, -0.15) is 61.1 Å². The van der Waals surface area contributed by atoms with E-state index in [0.29, 0.717) is 30.3 Å². The van der Waals surface area contributed by atoms with Crippen molar-refractivity contribution >= 4 is 33.3 Å². The molecule has 0 fully saturated rings. The van der Waals surface area contributed by atoms with Crippen LogP contribution in [0.4, 0.5) is 52.7 Å². The number of alkyl halides is 12. The van der Waals surface area contributed by atoms with Crippen LogP contribution in [-0.4, -0.2) is 31.7 Å². The molecule has 35 heavy (non-hydrogen) atoms. The van der Waals surface area contributed by atoms with Gasteiger partial charge in [-0.1, -0.05) is 35.3 Å². The van der Waals surface area contributed by atoms with Crippen LogP contribution in [0.25, 0.3) is 11.1 Å². The van der Waals surface area contributed by atoms with Crippen LogP contribution in [0.5, 0.6) is 5.75 Å². The first-order chi connectivity index (χ1) is 15.5. The van der Waals surface area contributed by atoms with E-state index in [2.05, 4.69) is 4.18 Å². The summed E-state index contributed by atoms with van der Waals surface area (Å²) in [5, 5.41) is -8.53. The number of hydrogen-bond donors (Lipinski definition) is 0. The van der Waals surface area contributed by atoms with Gasteiger partial charge in [-0.05, 0) is 23.8 Å². The molecule has 0 unspecified atom stereocenters. The molecule has 2 aromatic rings. The Hall–Kier alpha value is -2.07. The van der Waals surface area contributed by atoms with Crippen LogP contribution in [0.15, 0.2) is 36.4 Å². The molecule has 0 radical (unpaired) electrons. The SMILES string of the molecule is O=S(=O)(Oc1cc(Cl)cc(Cl)c1-c1ccc(C(F)(F)F)cc1)C(F)(F)C(F)(F)C(F)(F)C(F)(F)F. The first-order valence-electron chi connectivity index (χ1n) is 8.28. The van der Waals surface area contributed by atoms with Gasteiger partial charge < -0.3 is 4.18 Å². The summed E-state index contributed by atoms with van der Waals surface area (Å²) in [5.41, 5.74) is -2.60. The van der Waals surface area contributed by atoms with Gasteiger partial charge in [0.25, 0.3) is 0 Å². The van der Waals surface area contributed by atoms with Crippen molar-refractivity contribution in [1.29, 1.82) is 0 Å². The van der Waals surface area contributed by atoms with Gasteiger partial charge in [-0.25, -0.2) is 0 Å². The lowest BCUT2D eigenvalue weighted by Gasteiger charge is -2.32. The van der Waals surface area contributed by atoms with Crippen molar-refractivity contribution in [2.45, 2.75) is 29.5 Å². The average molecular weight is 589 g/mol. The number of benzene rings is 2. The lowest BCUT2D eigenvalue weighted by Crippen LogP contribution is -2.63. The second kappa shape index (κ2) is 8.80. The molecule has 2 rings (SSSR count). The lowest BCUT2D eigenvalue weighted by atomic mass is 10.0. The van der Waals surface area contributed by atoms with E-state index >= 15 is 0 Å². The normalized spacial score (nSPS) is 14.2. The summed E-state index contributed by atoms with van der Waals surface area (Å²) in [5.74, 6) is -16.6. The minimum atomic E-state index is -7.58. The quantitative estimate of drug-likeness (QED) is 0.255. The topological polar surface area (TPSA) is 43.4 Å². The molecule has 0 aliphatic carbocycles. The van der Waals surface area contributed by atoms with E-state index in [1.165, 1.54) is 0 Å². The van der Waals surface area contributed by atoms with Crippen LogP contribution >= 0.6 is 23.2 Å². The summed E-state index contributed by atoms with van der Waals surface area (Å²) in [4.78, 5) is 0. The van der Waals surface area contributed by atoms with Crippen LogP contribution in [0.2, 0.25) is 10.0 Å².